The van der Waals surface area contributed by atoms with Gasteiger partial charge in [-0.3, -0.25) is 4.90 Å². The molecule has 2 heterocycles. The minimum Gasteiger partial charge on any atom is -0.468 e. The second-order valence-electron chi connectivity index (χ2n) is 6.69. The van der Waals surface area contributed by atoms with Gasteiger partial charge in [0, 0.05) is 31.9 Å². The zero-order chi connectivity index (χ0) is 17.8. The van der Waals surface area contributed by atoms with Gasteiger partial charge in [-0.1, -0.05) is 30.3 Å². The van der Waals surface area contributed by atoms with Crippen molar-refractivity contribution in [3.8, 4) is 0 Å². The fourth-order valence-electron chi connectivity index (χ4n) is 3.42. The molecule has 26 heavy (non-hydrogen) atoms. The Labute approximate surface area is 153 Å². The maximum Gasteiger partial charge on any atom is 0.321 e. The highest BCUT2D eigenvalue weighted by molar-refractivity contribution is 5.93. The maximum atomic E-state index is 12.7. The van der Waals surface area contributed by atoms with Crippen molar-refractivity contribution in [2.45, 2.75) is 13.0 Å². The Kier molecular flexibility index (Phi) is 4.88. The average Bonchev–Trinajstić information content (AvgIpc) is 3.05. The lowest BCUT2D eigenvalue weighted by Gasteiger charge is -2.22. The van der Waals surface area contributed by atoms with Crippen molar-refractivity contribution in [1.29, 1.82) is 0 Å². The van der Waals surface area contributed by atoms with Crippen LogP contribution in [0.5, 0.6) is 0 Å². The van der Waals surface area contributed by atoms with Crippen molar-refractivity contribution in [3.63, 3.8) is 0 Å². The Morgan fingerprint density at radius 2 is 1.85 bits per heavy atom. The van der Waals surface area contributed by atoms with E-state index >= 15 is 0 Å². The number of urea groups is 1. The number of amides is 2. The van der Waals surface area contributed by atoms with Crippen molar-refractivity contribution in [2.24, 2.45) is 0 Å². The van der Waals surface area contributed by atoms with Gasteiger partial charge in [-0.05, 0) is 41.5 Å². The van der Waals surface area contributed by atoms with Crippen LogP contribution in [0.1, 0.15) is 12.2 Å². The smallest absolute Gasteiger partial charge is 0.321 e. The Hall–Kier alpha value is -2.79. The third-order valence-corrected chi connectivity index (χ3v) is 4.84. The summed E-state index contributed by atoms with van der Waals surface area (Å²) in [6.45, 7) is 4.12. The Morgan fingerprint density at radius 1 is 0.962 bits per heavy atom. The maximum absolute atomic E-state index is 12.7. The fraction of sp³-hybridized carbons (Fsp3) is 0.286. The summed E-state index contributed by atoms with van der Waals surface area (Å²) < 4.78 is 5.43. The molecule has 134 valence electrons. The van der Waals surface area contributed by atoms with Crippen molar-refractivity contribution >= 4 is 22.5 Å². The van der Waals surface area contributed by atoms with E-state index in [9.17, 15) is 4.79 Å². The van der Waals surface area contributed by atoms with Crippen LogP contribution in [0.15, 0.2) is 65.3 Å². The quantitative estimate of drug-likeness (QED) is 0.772. The summed E-state index contributed by atoms with van der Waals surface area (Å²) in [4.78, 5) is 16.9. The number of furan rings is 1. The van der Waals surface area contributed by atoms with Crippen molar-refractivity contribution in [2.75, 3.05) is 31.5 Å². The van der Waals surface area contributed by atoms with Crippen LogP contribution >= 0.6 is 0 Å². The molecule has 0 aliphatic carbocycles. The van der Waals surface area contributed by atoms with E-state index in [2.05, 4.69) is 22.3 Å². The lowest BCUT2D eigenvalue weighted by atomic mass is 10.1. The van der Waals surface area contributed by atoms with Crippen LogP contribution in [0.2, 0.25) is 0 Å². The Morgan fingerprint density at radius 3 is 2.69 bits per heavy atom. The molecule has 1 fully saturated rings. The lowest BCUT2D eigenvalue weighted by Crippen LogP contribution is -2.38. The van der Waals surface area contributed by atoms with Gasteiger partial charge in [-0.25, -0.2) is 4.79 Å². The van der Waals surface area contributed by atoms with E-state index in [4.69, 9.17) is 4.42 Å². The van der Waals surface area contributed by atoms with E-state index in [1.54, 1.807) is 6.26 Å². The fourth-order valence-corrected chi connectivity index (χ4v) is 3.42. The molecule has 3 aromatic rings. The lowest BCUT2D eigenvalue weighted by molar-refractivity contribution is 0.209. The van der Waals surface area contributed by atoms with E-state index in [-0.39, 0.29) is 6.03 Å². The number of rotatable bonds is 3. The normalized spacial score (nSPS) is 15.8. The van der Waals surface area contributed by atoms with Gasteiger partial charge in [0.1, 0.15) is 5.76 Å². The van der Waals surface area contributed by atoms with Gasteiger partial charge in [0.15, 0.2) is 0 Å². The van der Waals surface area contributed by atoms with Crippen LogP contribution in [-0.2, 0) is 6.54 Å². The molecule has 1 aromatic heterocycles. The number of fused-ring (bicyclic) bond motifs is 1. The van der Waals surface area contributed by atoms with Crippen LogP contribution in [-0.4, -0.2) is 42.0 Å². The molecule has 0 saturated carbocycles. The van der Waals surface area contributed by atoms with Gasteiger partial charge in [-0.15, -0.1) is 0 Å². The highest BCUT2D eigenvalue weighted by atomic mass is 16.3. The average molecular weight is 349 g/mol. The first kappa shape index (κ1) is 16.7. The standard InChI is InChI=1S/C21H23N3O2/c25-21(22-19-9-8-17-5-1-2-6-18(17)15-19)24-11-4-10-23(12-13-24)16-20-7-3-14-26-20/h1-3,5-9,14-15H,4,10-13,16H2,(H,22,25). The van der Waals surface area contributed by atoms with Gasteiger partial charge < -0.3 is 14.6 Å². The molecule has 5 heteroatoms. The molecule has 4 rings (SSSR count). The molecule has 1 aliphatic rings. The second kappa shape index (κ2) is 7.62. The second-order valence-corrected chi connectivity index (χ2v) is 6.69. The molecular weight excluding hydrogens is 326 g/mol. The van der Waals surface area contributed by atoms with Gasteiger partial charge >= 0.3 is 6.03 Å². The Balaban J connectivity index is 1.36. The minimum atomic E-state index is -0.0277. The highest BCUT2D eigenvalue weighted by Gasteiger charge is 2.19. The van der Waals surface area contributed by atoms with E-state index < -0.39 is 0 Å². The monoisotopic (exact) mass is 349 g/mol. The molecule has 0 atom stereocenters. The van der Waals surface area contributed by atoms with Crippen molar-refractivity contribution < 1.29 is 9.21 Å². The summed E-state index contributed by atoms with van der Waals surface area (Å²) in [7, 11) is 0. The number of carbonyl (C=O) groups excluding carboxylic acids is 1. The van der Waals surface area contributed by atoms with Crippen LogP contribution in [0.25, 0.3) is 10.8 Å². The molecule has 5 nitrogen and oxygen atoms in total. The number of hydrogen-bond acceptors (Lipinski definition) is 3. The van der Waals surface area contributed by atoms with Gasteiger partial charge in [0.2, 0.25) is 0 Å². The molecule has 0 spiro atoms. The first-order chi connectivity index (χ1) is 12.8. The molecule has 0 unspecified atom stereocenters. The molecule has 1 N–H and O–H groups in total. The number of anilines is 1. The van der Waals surface area contributed by atoms with E-state index in [1.165, 1.54) is 5.39 Å². The third-order valence-electron chi connectivity index (χ3n) is 4.84. The van der Waals surface area contributed by atoms with Crippen LogP contribution in [0, 0.1) is 0 Å². The Bertz CT molecular complexity index is 876. The summed E-state index contributed by atoms with van der Waals surface area (Å²) in [6.07, 6.45) is 2.67. The highest BCUT2D eigenvalue weighted by Crippen LogP contribution is 2.19. The van der Waals surface area contributed by atoms with Crippen LogP contribution in [0.4, 0.5) is 10.5 Å². The zero-order valence-electron chi connectivity index (χ0n) is 14.7. The SMILES string of the molecule is O=C(Nc1ccc2ccccc2c1)N1CCCN(Cc2ccco2)CC1. The van der Waals surface area contributed by atoms with Gasteiger partial charge in [-0.2, -0.15) is 0 Å². The minimum absolute atomic E-state index is 0.0277. The molecule has 2 amide bonds. The summed E-state index contributed by atoms with van der Waals surface area (Å²) in [6, 6.07) is 18.1. The first-order valence-electron chi connectivity index (χ1n) is 9.07. The molecule has 0 radical (unpaired) electrons. The summed E-state index contributed by atoms with van der Waals surface area (Å²) in [5, 5.41) is 5.35. The summed E-state index contributed by atoms with van der Waals surface area (Å²) in [5.41, 5.74) is 0.838. The first-order valence-corrected chi connectivity index (χ1v) is 9.07. The largest absolute Gasteiger partial charge is 0.468 e. The summed E-state index contributed by atoms with van der Waals surface area (Å²) >= 11 is 0. The molecule has 0 bridgehead atoms. The molecule has 1 aliphatic heterocycles. The summed E-state index contributed by atoms with van der Waals surface area (Å²) in [5.74, 6) is 0.971. The van der Waals surface area contributed by atoms with Crippen molar-refractivity contribution in [3.05, 3.63) is 66.6 Å². The van der Waals surface area contributed by atoms with Crippen molar-refractivity contribution in [1.82, 2.24) is 9.80 Å². The molecule has 2 aromatic carbocycles. The van der Waals surface area contributed by atoms with Gasteiger partial charge in [0.05, 0.1) is 12.8 Å². The van der Waals surface area contributed by atoms with Crippen LogP contribution < -0.4 is 5.32 Å². The number of nitrogens with zero attached hydrogens (tertiary/aromatic N) is 2. The number of carbonyl (C=O) groups is 1. The number of hydrogen-bond donors (Lipinski definition) is 1. The predicted molar refractivity (Wildman–Crippen MR) is 103 cm³/mol. The number of nitrogens with one attached hydrogen (secondary N) is 1. The molecular formula is C21H23N3O2. The predicted octanol–water partition coefficient (Wildman–Crippen LogP) is 4.17. The van der Waals surface area contributed by atoms with E-state index in [0.29, 0.717) is 0 Å². The molecule has 1 saturated heterocycles. The van der Waals surface area contributed by atoms with E-state index in [0.717, 1.165) is 56.0 Å². The topological polar surface area (TPSA) is 48.7 Å². The zero-order valence-corrected chi connectivity index (χ0v) is 14.7. The van der Waals surface area contributed by atoms with Gasteiger partial charge in [0.25, 0.3) is 0 Å². The third kappa shape index (κ3) is 3.89. The van der Waals surface area contributed by atoms with Crippen LogP contribution in [0.3, 0.4) is 0 Å². The number of benzene rings is 2. The van der Waals surface area contributed by atoms with E-state index in [1.807, 2.05) is 47.4 Å².